The zero-order chi connectivity index (χ0) is 11.8. The van der Waals surface area contributed by atoms with Gasteiger partial charge in [-0.1, -0.05) is 15.9 Å². The van der Waals surface area contributed by atoms with Gasteiger partial charge >= 0.3 is 0 Å². The van der Waals surface area contributed by atoms with E-state index in [1.165, 1.54) is 12.1 Å². The predicted molar refractivity (Wildman–Crippen MR) is 68.0 cm³/mol. The molecule has 0 bridgehead atoms. The summed E-state index contributed by atoms with van der Waals surface area (Å²) in [7, 11) is 0. The Labute approximate surface area is 107 Å². The molecule has 16 heavy (non-hydrogen) atoms. The highest BCUT2D eigenvalue weighted by Gasteiger charge is 2.42. The van der Waals surface area contributed by atoms with Gasteiger partial charge in [0.15, 0.2) is 0 Å². The monoisotopic (exact) mass is 306 g/mol. The minimum absolute atomic E-state index is 0.274. The summed E-state index contributed by atoms with van der Waals surface area (Å²) in [5.41, 5.74) is 0.922. The van der Waals surface area contributed by atoms with Crippen molar-refractivity contribution in [2.24, 2.45) is 0 Å². The van der Waals surface area contributed by atoms with Gasteiger partial charge in [0.2, 0.25) is 0 Å². The van der Waals surface area contributed by atoms with Gasteiger partial charge in [-0.3, -0.25) is 0 Å². The molecule has 0 radical (unpaired) electrons. The van der Waals surface area contributed by atoms with E-state index in [0.717, 1.165) is 19.3 Å². The summed E-state index contributed by atoms with van der Waals surface area (Å²) < 4.78 is 27.5. The van der Waals surface area contributed by atoms with E-state index >= 15 is 0 Å². The quantitative estimate of drug-likeness (QED) is 0.735. The van der Waals surface area contributed by atoms with Gasteiger partial charge in [-0.15, -0.1) is 0 Å². The summed E-state index contributed by atoms with van der Waals surface area (Å²) in [6, 6.07) is 2.87. The Hall–Kier alpha value is -0.0900. The molecule has 0 nitrogen and oxygen atoms in total. The van der Waals surface area contributed by atoms with Crippen molar-refractivity contribution in [3.63, 3.8) is 0 Å². The van der Waals surface area contributed by atoms with Crippen LogP contribution >= 0.6 is 27.7 Å². The first-order valence-corrected chi connectivity index (χ1v) is 7.57. The van der Waals surface area contributed by atoms with Crippen LogP contribution in [0, 0.1) is 11.6 Å². The maximum atomic E-state index is 13.9. The first-order chi connectivity index (χ1) is 7.63. The maximum absolute atomic E-state index is 13.9. The summed E-state index contributed by atoms with van der Waals surface area (Å²) in [4.78, 5) is 0. The highest BCUT2D eigenvalue weighted by molar-refractivity contribution is 9.08. The molecule has 2 rings (SSSR count). The molecule has 0 heterocycles. The Balaban J connectivity index is 2.48. The van der Waals surface area contributed by atoms with E-state index in [4.69, 9.17) is 0 Å². The number of thioether (sulfide) groups is 1. The molecule has 4 heteroatoms. The highest BCUT2D eigenvalue weighted by atomic mass is 79.9. The maximum Gasteiger partial charge on any atom is 0.131 e. The normalized spacial score (nSPS) is 18.2. The lowest BCUT2D eigenvalue weighted by Crippen LogP contribution is -2.32. The Morgan fingerprint density at radius 2 is 1.88 bits per heavy atom. The fourth-order valence-electron chi connectivity index (χ4n) is 2.19. The molecule has 1 aromatic rings. The third-order valence-corrected chi connectivity index (χ3v) is 5.31. The van der Waals surface area contributed by atoms with E-state index in [0.29, 0.717) is 10.9 Å². The zero-order valence-corrected chi connectivity index (χ0v) is 11.4. The molecule has 0 N–H and O–H groups in total. The van der Waals surface area contributed by atoms with Crippen LogP contribution in [-0.2, 0) is 10.1 Å². The first kappa shape index (κ1) is 12.4. The molecule has 1 aliphatic carbocycles. The van der Waals surface area contributed by atoms with Gasteiger partial charge in [-0.2, -0.15) is 11.8 Å². The number of hydrogen-bond acceptors (Lipinski definition) is 1. The lowest BCUT2D eigenvalue weighted by Gasteiger charge is -2.41. The molecule has 1 fully saturated rings. The van der Waals surface area contributed by atoms with Crippen molar-refractivity contribution in [2.75, 3.05) is 6.26 Å². The second-order valence-corrected chi connectivity index (χ2v) is 5.87. The average Bonchev–Trinajstić information content (AvgIpc) is 2.20. The van der Waals surface area contributed by atoms with Crippen LogP contribution in [0.4, 0.5) is 8.78 Å². The van der Waals surface area contributed by atoms with Gasteiger partial charge in [-0.25, -0.2) is 8.78 Å². The second-order valence-electron chi connectivity index (χ2n) is 4.12. The minimum atomic E-state index is -0.400. The fourth-order valence-corrected chi connectivity index (χ4v) is 3.61. The van der Waals surface area contributed by atoms with E-state index in [2.05, 4.69) is 15.9 Å². The van der Waals surface area contributed by atoms with Crippen LogP contribution < -0.4 is 0 Å². The van der Waals surface area contributed by atoms with Gasteiger partial charge in [0, 0.05) is 15.6 Å². The molecule has 88 valence electrons. The molecule has 0 atom stereocenters. The molecule has 0 aliphatic heterocycles. The summed E-state index contributed by atoms with van der Waals surface area (Å²) in [6.45, 7) is 0. The van der Waals surface area contributed by atoms with Crippen LogP contribution in [0.5, 0.6) is 0 Å². The molecule has 0 amide bonds. The lowest BCUT2D eigenvalue weighted by molar-refractivity contribution is 0.346. The molecule has 0 spiro atoms. The van der Waals surface area contributed by atoms with Crippen molar-refractivity contribution in [1.82, 2.24) is 0 Å². The Kier molecular flexibility index (Phi) is 3.59. The van der Waals surface area contributed by atoms with E-state index in [1.807, 2.05) is 6.26 Å². The molecule has 1 saturated carbocycles. The Morgan fingerprint density at radius 1 is 1.31 bits per heavy atom. The predicted octanol–water partition coefficient (Wildman–Crippen LogP) is 4.60. The Morgan fingerprint density at radius 3 is 2.19 bits per heavy atom. The van der Waals surface area contributed by atoms with E-state index < -0.39 is 11.6 Å². The standard InChI is InChI=1S/C12H13BrF2S/c1-16-12(3-2-4-12)11-9(14)5-8(7-13)6-10(11)15/h5-6H,2-4,7H2,1H3. The van der Waals surface area contributed by atoms with E-state index in [-0.39, 0.29) is 10.3 Å². The van der Waals surface area contributed by atoms with Crippen LogP contribution in [-0.4, -0.2) is 6.26 Å². The van der Waals surface area contributed by atoms with Crippen LogP contribution in [0.3, 0.4) is 0 Å². The van der Waals surface area contributed by atoms with Crippen LogP contribution in [0.1, 0.15) is 30.4 Å². The summed E-state index contributed by atoms with van der Waals surface area (Å²) in [5.74, 6) is -0.799. The summed E-state index contributed by atoms with van der Waals surface area (Å²) in [6.07, 6.45) is 4.72. The van der Waals surface area contributed by atoms with Crippen molar-refractivity contribution in [3.05, 3.63) is 34.9 Å². The zero-order valence-electron chi connectivity index (χ0n) is 9.03. The smallest absolute Gasteiger partial charge is 0.131 e. The van der Waals surface area contributed by atoms with Crippen LogP contribution in [0.2, 0.25) is 0 Å². The fraction of sp³-hybridized carbons (Fsp3) is 0.500. The second kappa shape index (κ2) is 4.65. The molecule has 0 saturated heterocycles. The average molecular weight is 307 g/mol. The summed E-state index contributed by atoms with van der Waals surface area (Å²) in [5, 5.41) is 0.480. The van der Waals surface area contributed by atoms with Crippen molar-refractivity contribution >= 4 is 27.7 Å². The molecule has 0 aromatic heterocycles. The largest absolute Gasteiger partial charge is 0.207 e. The number of benzene rings is 1. The Bertz CT molecular complexity index is 373. The molecular formula is C12H13BrF2S. The molecule has 1 aliphatic rings. The van der Waals surface area contributed by atoms with Crippen molar-refractivity contribution < 1.29 is 8.78 Å². The number of rotatable bonds is 3. The molecule has 0 unspecified atom stereocenters. The SMILES string of the molecule is CSC1(c2c(F)cc(CBr)cc2F)CCC1. The van der Waals surface area contributed by atoms with Gasteiger partial charge in [0.25, 0.3) is 0 Å². The van der Waals surface area contributed by atoms with Gasteiger partial charge in [0.05, 0.1) is 0 Å². The van der Waals surface area contributed by atoms with Gasteiger partial charge in [-0.05, 0) is 43.2 Å². The van der Waals surface area contributed by atoms with Crippen LogP contribution in [0.25, 0.3) is 0 Å². The highest BCUT2D eigenvalue weighted by Crippen LogP contribution is 2.52. The van der Waals surface area contributed by atoms with E-state index in [9.17, 15) is 8.78 Å². The van der Waals surface area contributed by atoms with Gasteiger partial charge < -0.3 is 0 Å². The third kappa shape index (κ3) is 1.90. The topological polar surface area (TPSA) is 0 Å². The molecular weight excluding hydrogens is 294 g/mol. The van der Waals surface area contributed by atoms with Gasteiger partial charge in [0.1, 0.15) is 11.6 Å². The number of halogens is 3. The minimum Gasteiger partial charge on any atom is -0.207 e. The number of hydrogen-bond donors (Lipinski definition) is 0. The lowest BCUT2D eigenvalue weighted by atomic mass is 9.78. The summed E-state index contributed by atoms with van der Waals surface area (Å²) >= 11 is 4.77. The van der Waals surface area contributed by atoms with Crippen LogP contribution in [0.15, 0.2) is 12.1 Å². The van der Waals surface area contributed by atoms with Crippen molar-refractivity contribution in [1.29, 1.82) is 0 Å². The third-order valence-electron chi connectivity index (χ3n) is 3.26. The number of alkyl halides is 1. The molecule has 1 aromatic carbocycles. The van der Waals surface area contributed by atoms with E-state index in [1.54, 1.807) is 11.8 Å². The van der Waals surface area contributed by atoms with Crippen molar-refractivity contribution in [2.45, 2.75) is 29.3 Å². The first-order valence-electron chi connectivity index (χ1n) is 5.22. The van der Waals surface area contributed by atoms with Crippen molar-refractivity contribution in [3.8, 4) is 0 Å².